The zero-order chi connectivity index (χ0) is 24.1. The van der Waals surface area contributed by atoms with Crippen molar-refractivity contribution in [2.45, 2.75) is 18.8 Å². The third-order valence-electron chi connectivity index (χ3n) is 5.81. The van der Waals surface area contributed by atoms with Gasteiger partial charge in [0.15, 0.2) is 0 Å². The molecule has 34 heavy (non-hydrogen) atoms. The number of ether oxygens (including phenoxy) is 1. The van der Waals surface area contributed by atoms with E-state index in [1.54, 1.807) is 48.9 Å². The van der Waals surface area contributed by atoms with Gasteiger partial charge in [-0.3, -0.25) is 0 Å². The molecule has 5 nitrogen and oxygen atoms in total. The Kier molecular flexibility index (Phi) is 7.01. The van der Waals surface area contributed by atoms with Crippen LogP contribution < -0.4 is 4.74 Å². The molecule has 0 saturated heterocycles. The summed E-state index contributed by atoms with van der Waals surface area (Å²) in [4.78, 5) is 16.1. The van der Waals surface area contributed by atoms with Crippen LogP contribution in [0.25, 0.3) is 0 Å². The highest BCUT2D eigenvalue weighted by atomic mass is 19.1. The fourth-order valence-corrected chi connectivity index (χ4v) is 3.92. The molecule has 1 N–H and O–H groups in total. The van der Waals surface area contributed by atoms with E-state index >= 15 is 0 Å². The Balaban J connectivity index is 1.52. The molecule has 1 heterocycles. The Labute approximate surface area is 196 Å². The monoisotopic (exact) mass is 462 g/mol. The van der Waals surface area contributed by atoms with E-state index in [0.29, 0.717) is 24.2 Å². The molecule has 0 fully saturated rings. The largest absolute Gasteiger partial charge is 0.493 e. The topological polar surface area (TPSA) is 64.4 Å². The Hall–Kier alpha value is -4.00. The number of hydrogen-bond acceptors (Lipinski definition) is 3. The summed E-state index contributed by atoms with van der Waals surface area (Å²) in [6.07, 6.45) is 4.51. The van der Waals surface area contributed by atoms with Crippen molar-refractivity contribution >= 4 is 5.97 Å². The van der Waals surface area contributed by atoms with Crippen LogP contribution in [0.1, 0.15) is 38.7 Å². The first-order valence-electron chi connectivity index (χ1n) is 10.9. The van der Waals surface area contributed by atoms with Crippen LogP contribution in [0.4, 0.5) is 8.78 Å². The molecule has 0 aliphatic heterocycles. The molecule has 3 aromatic carbocycles. The van der Waals surface area contributed by atoms with Crippen LogP contribution in [-0.2, 0) is 19.9 Å². The minimum absolute atomic E-state index is 0.165. The SMILES string of the molecule is Cn1cncc1C(COc1ccc(CCc2ccc(F)cc2)c(C(=O)O)c1)c1ccc(F)cc1. The van der Waals surface area contributed by atoms with Gasteiger partial charge in [-0.05, 0) is 65.9 Å². The van der Waals surface area contributed by atoms with E-state index in [1.807, 2.05) is 11.6 Å². The van der Waals surface area contributed by atoms with E-state index in [-0.39, 0.29) is 29.7 Å². The number of hydrogen-bond donors (Lipinski definition) is 1. The van der Waals surface area contributed by atoms with Crippen LogP contribution >= 0.6 is 0 Å². The molecule has 0 radical (unpaired) electrons. The molecule has 0 bridgehead atoms. The molecule has 4 aromatic rings. The number of imidazole rings is 1. The van der Waals surface area contributed by atoms with E-state index in [4.69, 9.17) is 4.74 Å². The molecule has 0 amide bonds. The van der Waals surface area contributed by atoms with E-state index < -0.39 is 5.97 Å². The fraction of sp³-hybridized carbons (Fsp3) is 0.185. The highest BCUT2D eigenvalue weighted by molar-refractivity contribution is 5.90. The molecule has 0 aliphatic carbocycles. The molecule has 0 aliphatic rings. The highest BCUT2D eigenvalue weighted by Gasteiger charge is 2.20. The van der Waals surface area contributed by atoms with Crippen molar-refractivity contribution in [2.75, 3.05) is 6.61 Å². The molecule has 7 heteroatoms. The first-order valence-corrected chi connectivity index (χ1v) is 10.9. The molecule has 1 atom stereocenters. The van der Waals surface area contributed by atoms with Crippen molar-refractivity contribution in [1.29, 1.82) is 0 Å². The maximum Gasteiger partial charge on any atom is 0.336 e. The predicted molar refractivity (Wildman–Crippen MR) is 124 cm³/mol. The number of rotatable bonds is 9. The van der Waals surface area contributed by atoms with Crippen molar-refractivity contribution in [1.82, 2.24) is 9.55 Å². The van der Waals surface area contributed by atoms with Gasteiger partial charge in [0.1, 0.15) is 24.0 Å². The molecular weight excluding hydrogens is 438 g/mol. The maximum absolute atomic E-state index is 13.4. The van der Waals surface area contributed by atoms with Gasteiger partial charge in [-0.1, -0.05) is 30.3 Å². The summed E-state index contributed by atoms with van der Waals surface area (Å²) in [7, 11) is 1.87. The summed E-state index contributed by atoms with van der Waals surface area (Å²) in [6.45, 7) is 0.221. The van der Waals surface area contributed by atoms with Gasteiger partial charge >= 0.3 is 5.97 Å². The number of carboxylic acid groups (broad SMARTS) is 1. The smallest absolute Gasteiger partial charge is 0.336 e. The molecule has 1 aromatic heterocycles. The second kappa shape index (κ2) is 10.3. The Morgan fingerprint density at radius 1 is 1.00 bits per heavy atom. The Morgan fingerprint density at radius 3 is 2.29 bits per heavy atom. The number of aromatic nitrogens is 2. The highest BCUT2D eigenvalue weighted by Crippen LogP contribution is 2.27. The average molecular weight is 462 g/mol. The lowest BCUT2D eigenvalue weighted by molar-refractivity contribution is 0.0695. The first-order chi connectivity index (χ1) is 16.4. The van der Waals surface area contributed by atoms with Crippen molar-refractivity contribution in [3.63, 3.8) is 0 Å². The van der Waals surface area contributed by atoms with Crippen molar-refractivity contribution < 1.29 is 23.4 Å². The van der Waals surface area contributed by atoms with Crippen molar-refractivity contribution in [3.8, 4) is 5.75 Å². The molecule has 0 saturated carbocycles. The summed E-state index contributed by atoms with van der Waals surface area (Å²) in [5, 5.41) is 9.74. The third-order valence-corrected chi connectivity index (χ3v) is 5.81. The normalized spacial score (nSPS) is 11.9. The summed E-state index contributed by atoms with van der Waals surface area (Å²) in [5.41, 5.74) is 3.51. The van der Waals surface area contributed by atoms with Crippen LogP contribution in [0.15, 0.2) is 79.3 Å². The number of carboxylic acids is 1. The van der Waals surface area contributed by atoms with Gasteiger partial charge in [0.05, 0.1) is 17.8 Å². The van der Waals surface area contributed by atoms with Gasteiger partial charge in [0.2, 0.25) is 0 Å². The average Bonchev–Trinajstić information content (AvgIpc) is 3.25. The summed E-state index contributed by atoms with van der Waals surface area (Å²) < 4.78 is 34.5. The summed E-state index contributed by atoms with van der Waals surface area (Å²) in [6, 6.07) is 17.4. The van der Waals surface area contributed by atoms with Gasteiger partial charge < -0.3 is 14.4 Å². The predicted octanol–water partition coefficient (Wildman–Crippen LogP) is 5.39. The number of aromatic carboxylic acids is 1. The Morgan fingerprint density at radius 2 is 1.68 bits per heavy atom. The minimum atomic E-state index is -1.04. The summed E-state index contributed by atoms with van der Waals surface area (Å²) in [5.74, 6) is -1.46. The van der Waals surface area contributed by atoms with Gasteiger partial charge in [-0.2, -0.15) is 0 Å². The van der Waals surface area contributed by atoms with Crippen LogP contribution in [0, 0.1) is 11.6 Å². The second-order valence-corrected chi connectivity index (χ2v) is 8.10. The number of benzene rings is 3. The third kappa shape index (κ3) is 5.49. The van der Waals surface area contributed by atoms with Crippen molar-refractivity contribution in [2.24, 2.45) is 7.05 Å². The minimum Gasteiger partial charge on any atom is -0.493 e. The zero-order valence-electron chi connectivity index (χ0n) is 18.6. The number of halogens is 2. The number of carbonyl (C=O) groups is 1. The molecule has 4 rings (SSSR count). The Bertz CT molecular complexity index is 1270. The van der Waals surface area contributed by atoms with E-state index in [0.717, 1.165) is 16.8 Å². The van der Waals surface area contributed by atoms with Gasteiger partial charge in [-0.15, -0.1) is 0 Å². The lowest BCUT2D eigenvalue weighted by atomic mass is 9.96. The maximum atomic E-state index is 13.4. The molecule has 0 spiro atoms. The fourth-order valence-electron chi connectivity index (χ4n) is 3.92. The van der Waals surface area contributed by atoms with E-state index in [2.05, 4.69) is 4.98 Å². The zero-order valence-corrected chi connectivity index (χ0v) is 18.6. The second-order valence-electron chi connectivity index (χ2n) is 8.10. The van der Waals surface area contributed by atoms with Gasteiger partial charge in [-0.25, -0.2) is 18.6 Å². The van der Waals surface area contributed by atoms with E-state index in [1.165, 1.54) is 30.3 Å². The first kappa shape index (κ1) is 23.2. The van der Waals surface area contributed by atoms with Crippen LogP contribution in [0.2, 0.25) is 0 Å². The molecule has 174 valence electrons. The van der Waals surface area contributed by atoms with Crippen LogP contribution in [0.5, 0.6) is 5.75 Å². The lowest BCUT2D eigenvalue weighted by Crippen LogP contribution is -2.15. The summed E-state index contributed by atoms with van der Waals surface area (Å²) >= 11 is 0. The molecule has 1 unspecified atom stereocenters. The van der Waals surface area contributed by atoms with Crippen LogP contribution in [-0.4, -0.2) is 27.2 Å². The van der Waals surface area contributed by atoms with Crippen LogP contribution in [0.3, 0.4) is 0 Å². The number of aryl methyl sites for hydroxylation is 3. The molecular formula is C27H24F2N2O3. The van der Waals surface area contributed by atoms with Gasteiger partial charge in [0.25, 0.3) is 0 Å². The standard InChI is InChI=1S/C27H24F2N2O3/c1-31-17-30-15-26(31)25(20-6-11-22(29)12-7-20)16-34-23-13-8-19(24(14-23)27(32)33)5-2-18-3-9-21(28)10-4-18/h3-4,6-15,17,25H,2,5,16H2,1H3,(H,32,33). The van der Waals surface area contributed by atoms with Gasteiger partial charge in [0, 0.05) is 18.9 Å². The lowest BCUT2D eigenvalue weighted by Gasteiger charge is -2.19. The quantitative estimate of drug-likeness (QED) is 0.362. The number of nitrogens with zero attached hydrogens (tertiary/aromatic N) is 2. The van der Waals surface area contributed by atoms with Crippen molar-refractivity contribution in [3.05, 3.63) is 119 Å². The van der Waals surface area contributed by atoms with E-state index in [9.17, 15) is 18.7 Å².